The molecule has 4 heteroatoms. The molecule has 0 aliphatic heterocycles. The summed E-state index contributed by atoms with van der Waals surface area (Å²) < 4.78 is 7.96. The first kappa shape index (κ1) is 18.3. The maximum atomic E-state index is 10.9. The number of rotatable bonds is 7. The lowest BCUT2D eigenvalue weighted by molar-refractivity contribution is 0.203. The van der Waals surface area contributed by atoms with Crippen molar-refractivity contribution in [2.24, 2.45) is 0 Å². The minimum atomic E-state index is -0.758. The van der Waals surface area contributed by atoms with Crippen molar-refractivity contribution in [3.63, 3.8) is 0 Å². The van der Waals surface area contributed by atoms with Crippen LogP contribution in [0.15, 0.2) is 78.9 Å². The number of aliphatic hydroxyl groups is 1. The van der Waals surface area contributed by atoms with E-state index in [1.165, 1.54) is 5.56 Å². The zero-order chi connectivity index (χ0) is 19.3. The molecule has 0 fully saturated rings. The summed E-state index contributed by atoms with van der Waals surface area (Å²) >= 11 is 0. The topological polar surface area (TPSA) is 47.3 Å². The van der Waals surface area contributed by atoms with Crippen LogP contribution in [0.4, 0.5) is 0 Å². The number of hydrogen-bond acceptors (Lipinski definition) is 3. The fourth-order valence-electron chi connectivity index (χ4n) is 3.37. The van der Waals surface area contributed by atoms with Crippen LogP contribution in [0.3, 0.4) is 0 Å². The second-order valence-corrected chi connectivity index (χ2v) is 6.94. The molecule has 0 saturated heterocycles. The highest BCUT2D eigenvalue weighted by atomic mass is 16.5. The molecular weight excluding hydrogens is 348 g/mol. The van der Waals surface area contributed by atoms with Crippen LogP contribution < -0.4 is 4.74 Å². The van der Waals surface area contributed by atoms with Crippen molar-refractivity contribution < 1.29 is 9.84 Å². The molecule has 0 amide bonds. The van der Waals surface area contributed by atoms with Crippen LogP contribution in [0.2, 0.25) is 0 Å². The Labute approximate surface area is 165 Å². The summed E-state index contributed by atoms with van der Waals surface area (Å²) in [6.45, 7) is 3.40. The van der Waals surface area contributed by atoms with Crippen molar-refractivity contribution >= 4 is 11.0 Å². The number of aryl methyl sites for hydroxylation is 2. The maximum absolute atomic E-state index is 10.9. The molecule has 4 rings (SSSR count). The molecule has 0 aliphatic carbocycles. The van der Waals surface area contributed by atoms with E-state index in [1.54, 1.807) is 0 Å². The third kappa shape index (κ3) is 3.92. The summed E-state index contributed by atoms with van der Waals surface area (Å²) in [6.07, 6.45) is 0.0644. The van der Waals surface area contributed by atoms with Gasteiger partial charge in [0.05, 0.1) is 17.6 Å². The van der Waals surface area contributed by atoms with Gasteiger partial charge in [-0.25, -0.2) is 4.98 Å². The number of para-hydroxylation sites is 2. The fourth-order valence-corrected chi connectivity index (χ4v) is 3.37. The van der Waals surface area contributed by atoms with Crippen molar-refractivity contribution in [3.8, 4) is 5.75 Å². The predicted molar refractivity (Wildman–Crippen MR) is 112 cm³/mol. The van der Waals surface area contributed by atoms with Gasteiger partial charge in [0, 0.05) is 6.54 Å². The molecule has 0 unspecified atom stereocenters. The number of aromatic nitrogens is 2. The van der Waals surface area contributed by atoms with E-state index in [0.717, 1.165) is 35.3 Å². The number of aliphatic hydroxyl groups excluding tert-OH is 1. The fraction of sp³-hybridized carbons (Fsp3) is 0.208. The van der Waals surface area contributed by atoms with Gasteiger partial charge in [0.2, 0.25) is 0 Å². The number of benzene rings is 3. The molecule has 0 spiro atoms. The van der Waals surface area contributed by atoms with Gasteiger partial charge in [-0.15, -0.1) is 0 Å². The molecule has 4 nitrogen and oxygen atoms in total. The smallest absolute Gasteiger partial charge is 0.143 e. The summed E-state index contributed by atoms with van der Waals surface area (Å²) in [4.78, 5) is 4.71. The van der Waals surface area contributed by atoms with Gasteiger partial charge in [-0.1, -0.05) is 60.2 Å². The minimum Gasteiger partial charge on any atom is -0.494 e. The van der Waals surface area contributed by atoms with Crippen LogP contribution in [0.25, 0.3) is 11.0 Å². The van der Waals surface area contributed by atoms with E-state index < -0.39 is 6.10 Å². The van der Waals surface area contributed by atoms with Gasteiger partial charge in [-0.2, -0.15) is 0 Å². The summed E-state index contributed by atoms with van der Waals surface area (Å²) in [7, 11) is 0. The Balaban J connectivity index is 1.52. The molecule has 1 heterocycles. The highest BCUT2D eigenvalue weighted by Crippen LogP contribution is 2.26. The van der Waals surface area contributed by atoms with Gasteiger partial charge in [0.25, 0.3) is 0 Å². The normalized spacial score (nSPS) is 12.2. The van der Waals surface area contributed by atoms with Crippen LogP contribution in [0.1, 0.15) is 29.5 Å². The van der Waals surface area contributed by atoms with Crippen LogP contribution in [-0.4, -0.2) is 21.3 Å². The Hall–Kier alpha value is -3.11. The van der Waals surface area contributed by atoms with Crippen molar-refractivity contribution in [1.82, 2.24) is 9.55 Å². The van der Waals surface area contributed by atoms with Gasteiger partial charge >= 0.3 is 0 Å². The lowest BCUT2D eigenvalue weighted by Crippen LogP contribution is -2.12. The van der Waals surface area contributed by atoms with Crippen LogP contribution in [0, 0.1) is 6.92 Å². The second-order valence-electron chi connectivity index (χ2n) is 6.94. The molecule has 0 radical (unpaired) electrons. The first-order valence-corrected chi connectivity index (χ1v) is 9.60. The average Bonchev–Trinajstić information content (AvgIpc) is 3.11. The van der Waals surface area contributed by atoms with Gasteiger partial charge in [0.1, 0.15) is 17.7 Å². The van der Waals surface area contributed by atoms with E-state index >= 15 is 0 Å². The molecule has 0 bridgehead atoms. The zero-order valence-corrected chi connectivity index (χ0v) is 16.0. The third-order valence-electron chi connectivity index (χ3n) is 4.86. The van der Waals surface area contributed by atoms with Crippen molar-refractivity contribution in [1.29, 1.82) is 0 Å². The quantitative estimate of drug-likeness (QED) is 0.470. The summed E-state index contributed by atoms with van der Waals surface area (Å²) in [5.74, 6) is 1.55. The van der Waals surface area contributed by atoms with Gasteiger partial charge in [0.15, 0.2) is 0 Å². The molecule has 4 aromatic rings. The summed E-state index contributed by atoms with van der Waals surface area (Å²) in [6, 6.07) is 25.7. The van der Waals surface area contributed by atoms with E-state index in [1.807, 2.05) is 78.9 Å². The Bertz CT molecular complexity index is 1040. The highest BCUT2D eigenvalue weighted by Gasteiger charge is 2.19. The van der Waals surface area contributed by atoms with Gasteiger partial charge in [-0.05, 0) is 43.2 Å². The predicted octanol–water partition coefficient (Wildman–Crippen LogP) is 4.90. The minimum absolute atomic E-state index is 0.608. The SMILES string of the molecule is Cc1ccc(OCCCn2c([C@H](O)c3ccccc3)nc3ccccc32)cc1. The van der Waals surface area contributed by atoms with E-state index in [4.69, 9.17) is 9.72 Å². The summed E-state index contributed by atoms with van der Waals surface area (Å²) in [5.41, 5.74) is 3.99. The number of fused-ring (bicyclic) bond motifs is 1. The Morgan fingerprint density at radius 3 is 2.43 bits per heavy atom. The van der Waals surface area contributed by atoms with Crippen LogP contribution >= 0.6 is 0 Å². The zero-order valence-electron chi connectivity index (χ0n) is 16.0. The molecule has 0 saturated carbocycles. The maximum Gasteiger partial charge on any atom is 0.143 e. The molecule has 28 heavy (non-hydrogen) atoms. The second kappa shape index (κ2) is 8.28. The van der Waals surface area contributed by atoms with Crippen molar-refractivity contribution in [2.45, 2.75) is 26.0 Å². The number of nitrogens with zero attached hydrogens (tertiary/aromatic N) is 2. The Morgan fingerprint density at radius 2 is 1.64 bits per heavy atom. The van der Waals surface area contributed by atoms with Crippen LogP contribution in [0.5, 0.6) is 5.75 Å². The van der Waals surface area contributed by atoms with Crippen molar-refractivity contribution in [3.05, 3.63) is 95.8 Å². The Kier molecular flexibility index (Phi) is 5.40. The first-order valence-electron chi connectivity index (χ1n) is 9.60. The van der Waals surface area contributed by atoms with E-state index in [0.29, 0.717) is 12.4 Å². The highest BCUT2D eigenvalue weighted by molar-refractivity contribution is 5.76. The molecule has 1 N–H and O–H groups in total. The number of hydrogen-bond donors (Lipinski definition) is 1. The largest absolute Gasteiger partial charge is 0.494 e. The van der Waals surface area contributed by atoms with E-state index in [2.05, 4.69) is 11.5 Å². The molecule has 142 valence electrons. The van der Waals surface area contributed by atoms with E-state index in [-0.39, 0.29) is 0 Å². The van der Waals surface area contributed by atoms with Crippen LogP contribution in [-0.2, 0) is 6.54 Å². The molecular formula is C24H24N2O2. The number of ether oxygens (including phenoxy) is 1. The number of imidazole rings is 1. The third-order valence-corrected chi connectivity index (χ3v) is 4.86. The molecule has 1 atom stereocenters. The van der Waals surface area contributed by atoms with Gasteiger partial charge in [-0.3, -0.25) is 0 Å². The van der Waals surface area contributed by atoms with Crippen molar-refractivity contribution in [2.75, 3.05) is 6.61 Å². The molecule has 3 aromatic carbocycles. The monoisotopic (exact) mass is 372 g/mol. The average molecular weight is 372 g/mol. The lowest BCUT2D eigenvalue weighted by Gasteiger charge is -2.15. The lowest BCUT2D eigenvalue weighted by atomic mass is 10.1. The van der Waals surface area contributed by atoms with E-state index in [9.17, 15) is 5.11 Å². The van der Waals surface area contributed by atoms with Gasteiger partial charge < -0.3 is 14.4 Å². The molecule has 1 aromatic heterocycles. The molecule has 0 aliphatic rings. The first-order chi connectivity index (χ1) is 13.7. The Morgan fingerprint density at radius 1 is 0.929 bits per heavy atom. The standard InChI is InChI=1S/C24H24N2O2/c1-18-12-14-20(15-13-18)28-17-7-16-26-22-11-6-5-10-21(22)25-24(26)23(27)19-8-3-2-4-9-19/h2-6,8-15,23,27H,7,16-17H2,1H3/t23-/m1/s1. The summed E-state index contributed by atoms with van der Waals surface area (Å²) in [5, 5.41) is 10.9.